The van der Waals surface area contributed by atoms with Crippen molar-refractivity contribution in [1.29, 1.82) is 0 Å². The molecule has 25 heavy (non-hydrogen) atoms. The molecule has 1 N–H and O–H groups in total. The van der Waals surface area contributed by atoms with Gasteiger partial charge >= 0.3 is 5.97 Å². The Morgan fingerprint density at radius 2 is 2.00 bits per heavy atom. The third kappa shape index (κ3) is 4.14. The van der Waals surface area contributed by atoms with E-state index in [1.54, 1.807) is 7.11 Å². The zero-order chi connectivity index (χ0) is 17.8. The first kappa shape index (κ1) is 17.8. The second-order valence-corrected chi connectivity index (χ2v) is 6.84. The SMILES string of the molecule is COc1cccc(C(c2ccc(Cl)cc2)N2CCCC(C(=O)O)C2)c1. The second kappa shape index (κ2) is 7.89. The Kier molecular flexibility index (Phi) is 5.61. The molecule has 4 nitrogen and oxygen atoms in total. The molecular formula is C20H22ClNO3. The molecule has 1 heterocycles. The maximum absolute atomic E-state index is 11.5. The standard InChI is InChI=1S/C20H22ClNO3/c1-25-18-6-2-4-15(12-18)19(14-7-9-17(21)10-8-14)22-11-3-5-16(13-22)20(23)24/h2,4,6-10,12,16,19H,3,5,11,13H2,1H3,(H,23,24). The fraction of sp³-hybridized carbons (Fsp3) is 0.350. The van der Waals surface area contributed by atoms with Gasteiger partial charge in [0.15, 0.2) is 0 Å². The number of hydrogen-bond donors (Lipinski definition) is 1. The maximum atomic E-state index is 11.5. The van der Waals surface area contributed by atoms with Crippen molar-refractivity contribution in [3.8, 4) is 5.75 Å². The van der Waals surface area contributed by atoms with Gasteiger partial charge in [-0.3, -0.25) is 9.69 Å². The molecule has 0 radical (unpaired) electrons. The fourth-order valence-electron chi connectivity index (χ4n) is 3.51. The summed E-state index contributed by atoms with van der Waals surface area (Å²) in [4.78, 5) is 13.7. The van der Waals surface area contributed by atoms with Crippen molar-refractivity contribution < 1.29 is 14.6 Å². The molecule has 0 saturated carbocycles. The highest BCUT2D eigenvalue weighted by atomic mass is 35.5. The summed E-state index contributed by atoms with van der Waals surface area (Å²) in [6, 6.07) is 15.7. The predicted molar refractivity (Wildman–Crippen MR) is 98.2 cm³/mol. The molecule has 3 rings (SSSR count). The molecule has 0 bridgehead atoms. The van der Waals surface area contributed by atoms with Crippen LogP contribution in [0.5, 0.6) is 5.75 Å². The minimum absolute atomic E-state index is 0.0190. The van der Waals surface area contributed by atoms with Crippen LogP contribution in [0.3, 0.4) is 0 Å². The normalized spacial score (nSPS) is 19.4. The van der Waals surface area contributed by atoms with Crippen LogP contribution in [-0.2, 0) is 4.79 Å². The lowest BCUT2D eigenvalue weighted by Gasteiger charge is -2.37. The molecule has 2 aromatic rings. The molecule has 1 aliphatic heterocycles. The van der Waals surface area contributed by atoms with Gasteiger partial charge in [0.1, 0.15) is 5.75 Å². The van der Waals surface area contributed by atoms with Gasteiger partial charge in [0.2, 0.25) is 0 Å². The van der Waals surface area contributed by atoms with E-state index in [4.69, 9.17) is 16.3 Å². The number of ether oxygens (including phenoxy) is 1. The van der Waals surface area contributed by atoms with Crippen LogP contribution in [0.4, 0.5) is 0 Å². The molecule has 2 atom stereocenters. The minimum atomic E-state index is -0.717. The lowest BCUT2D eigenvalue weighted by molar-refractivity contribution is -0.143. The summed E-state index contributed by atoms with van der Waals surface area (Å²) in [5.41, 5.74) is 2.19. The van der Waals surface area contributed by atoms with E-state index in [0.717, 1.165) is 36.3 Å². The van der Waals surface area contributed by atoms with Crippen LogP contribution in [0.15, 0.2) is 48.5 Å². The van der Waals surface area contributed by atoms with Gasteiger partial charge in [-0.05, 0) is 54.8 Å². The maximum Gasteiger partial charge on any atom is 0.307 e. The van der Waals surface area contributed by atoms with E-state index in [9.17, 15) is 9.90 Å². The summed E-state index contributed by atoms with van der Waals surface area (Å²) < 4.78 is 5.37. The minimum Gasteiger partial charge on any atom is -0.497 e. The first-order valence-electron chi connectivity index (χ1n) is 8.44. The number of benzene rings is 2. The molecule has 0 aliphatic carbocycles. The lowest BCUT2D eigenvalue weighted by atomic mass is 9.91. The van der Waals surface area contributed by atoms with Gasteiger partial charge < -0.3 is 9.84 Å². The Labute approximate surface area is 153 Å². The number of carboxylic acids is 1. The molecule has 2 unspecified atom stereocenters. The van der Waals surface area contributed by atoms with Crippen molar-refractivity contribution in [2.75, 3.05) is 20.2 Å². The molecule has 1 saturated heterocycles. The Morgan fingerprint density at radius 1 is 1.24 bits per heavy atom. The summed E-state index contributed by atoms with van der Waals surface area (Å²) in [5.74, 6) is -0.248. The zero-order valence-corrected chi connectivity index (χ0v) is 14.9. The zero-order valence-electron chi connectivity index (χ0n) is 14.2. The van der Waals surface area contributed by atoms with Crippen molar-refractivity contribution in [3.63, 3.8) is 0 Å². The highest BCUT2D eigenvalue weighted by Gasteiger charge is 2.31. The molecule has 0 aromatic heterocycles. The number of piperidine rings is 1. The monoisotopic (exact) mass is 359 g/mol. The average molecular weight is 360 g/mol. The van der Waals surface area contributed by atoms with Gasteiger partial charge in [0.25, 0.3) is 0 Å². The van der Waals surface area contributed by atoms with Crippen LogP contribution < -0.4 is 4.74 Å². The number of halogens is 1. The first-order valence-corrected chi connectivity index (χ1v) is 8.82. The number of nitrogens with zero attached hydrogens (tertiary/aromatic N) is 1. The molecule has 2 aromatic carbocycles. The Hall–Kier alpha value is -2.04. The summed E-state index contributed by atoms with van der Waals surface area (Å²) in [7, 11) is 1.65. The molecule has 1 aliphatic rings. The van der Waals surface area contributed by atoms with Crippen LogP contribution in [0.1, 0.15) is 30.0 Å². The van der Waals surface area contributed by atoms with Gasteiger partial charge in [0, 0.05) is 11.6 Å². The van der Waals surface area contributed by atoms with E-state index in [2.05, 4.69) is 11.0 Å². The van der Waals surface area contributed by atoms with E-state index < -0.39 is 5.97 Å². The van der Waals surface area contributed by atoms with E-state index in [-0.39, 0.29) is 12.0 Å². The van der Waals surface area contributed by atoms with Crippen LogP contribution in [0.2, 0.25) is 5.02 Å². The van der Waals surface area contributed by atoms with Crippen LogP contribution in [-0.4, -0.2) is 36.2 Å². The van der Waals surface area contributed by atoms with Crippen molar-refractivity contribution in [1.82, 2.24) is 4.90 Å². The molecule has 1 fully saturated rings. The molecule has 0 amide bonds. The molecule has 5 heteroatoms. The van der Waals surface area contributed by atoms with Crippen molar-refractivity contribution >= 4 is 17.6 Å². The number of methoxy groups -OCH3 is 1. The van der Waals surface area contributed by atoms with E-state index in [1.807, 2.05) is 42.5 Å². The van der Waals surface area contributed by atoms with Crippen molar-refractivity contribution in [3.05, 3.63) is 64.7 Å². The lowest BCUT2D eigenvalue weighted by Crippen LogP contribution is -2.41. The van der Waals surface area contributed by atoms with Gasteiger partial charge in [-0.15, -0.1) is 0 Å². The van der Waals surface area contributed by atoms with E-state index in [1.165, 1.54) is 0 Å². The van der Waals surface area contributed by atoms with E-state index >= 15 is 0 Å². The summed E-state index contributed by atoms with van der Waals surface area (Å²) in [6.45, 7) is 1.41. The summed E-state index contributed by atoms with van der Waals surface area (Å²) in [5, 5.41) is 10.1. The van der Waals surface area contributed by atoms with Crippen LogP contribution in [0, 0.1) is 5.92 Å². The third-order valence-corrected chi connectivity index (χ3v) is 5.01. The Bertz CT molecular complexity index is 732. The molecule has 132 valence electrons. The van der Waals surface area contributed by atoms with Gasteiger partial charge in [-0.2, -0.15) is 0 Å². The van der Waals surface area contributed by atoms with Gasteiger partial charge in [-0.25, -0.2) is 0 Å². The Balaban J connectivity index is 1.99. The predicted octanol–water partition coefficient (Wildman–Crippen LogP) is 4.23. The third-order valence-electron chi connectivity index (χ3n) is 4.76. The summed E-state index contributed by atoms with van der Waals surface area (Å²) in [6.07, 6.45) is 1.61. The smallest absolute Gasteiger partial charge is 0.307 e. The van der Waals surface area contributed by atoms with Crippen molar-refractivity contribution in [2.45, 2.75) is 18.9 Å². The summed E-state index contributed by atoms with van der Waals surface area (Å²) >= 11 is 6.05. The highest BCUT2D eigenvalue weighted by molar-refractivity contribution is 6.30. The quantitative estimate of drug-likeness (QED) is 0.867. The number of aliphatic carboxylic acids is 1. The van der Waals surface area contributed by atoms with Crippen LogP contribution >= 0.6 is 11.6 Å². The molecular weight excluding hydrogens is 338 g/mol. The Morgan fingerprint density at radius 3 is 2.68 bits per heavy atom. The number of carbonyl (C=O) groups is 1. The average Bonchev–Trinajstić information content (AvgIpc) is 2.64. The number of likely N-dealkylation sites (tertiary alicyclic amines) is 1. The van der Waals surface area contributed by atoms with Gasteiger partial charge in [-0.1, -0.05) is 35.9 Å². The molecule has 0 spiro atoms. The van der Waals surface area contributed by atoms with Crippen LogP contribution in [0.25, 0.3) is 0 Å². The van der Waals surface area contributed by atoms with E-state index in [0.29, 0.717) is 11.6 Å². The number of hydrogen-bond acceptors (Lipinski definition) is 3. The first-order chi connectivity index (χ1) is 12.1. The largest absolute Gasteiger partial charge is 0.497 e. The number of rotatable bonds is 5. The van der Waals surface area contributed by atoms with Crippen molar-refractivity contribution in [2.24, 2.45) is 5.92 Å². The second-order valence-electron chi connectivity index (χ2n) is 6.40. The fourth-order valence-corrected chi connectivity index (χ4v) is 3.64. The number of carboxylic acid groups (broad SMARTS) is 1. The van der Waals surface area contributed by atoms with Gasteiger partial charge in [0.05, 0.1) is 19.1 Å². The topological polar surface area (TPSA) is 49.8 Å². The highest BCUT2D eigenvalue weighted by Crippen LogP contribution is 2.34.